The van der Waals surface area contributed by atoms with Crippen LogP contribution in [0.15, 0.2) is 40.8 Å². The molecule has 10 nitrogen and oxygen atoms in total. The summed E-state index contributed by atoms with van der Waals surface area (Å²) in [5.74, 6) is -1.78. The van der Waals surface area contributed by atoms with Crippen molar-refractivity contribution >= 4 is 10.0 Å². The van der Waals surface area contributed by atoms with Crippen molar-refractivity contribution in [2.45, 2.75) is 30.8 Å². The highest BCUT2D eigenvalue weighted by Crippen LogP contribution is 2.58. The molecule has 1 aliphatic carbocycles. The van der Waals surface area contributed by atoms with E-state index in [1.165, 1.54) is 16.4 Å². The standard InChI is InChI=1S/C27H29N5O5S/c1-20-4-6-22(7-5-20)38(33,34)32-14-24-23-13-21(26(16-28,17-29)27(24,18-30)19-31)3-2-8-35-9-10-36-11-12-37-25(23)15-32/h4-7,13,21,24-25H,2-3,8-12,14-15H2,1H3/t21-,24+,25+/m0/s1. The minimum Gasteiger partial charge on any atom is -0.379 e. The van der Waals surface area contributed by atoms with Gasteiger partial charge in [0.05, 0.1) is 61.7 Å². The Bertz CT molecular complexity index is 1320. The molecule has 1 saturated heterocycles. The van der Waals surface area contributed by atoms with Crippen LogP contribution in [0.5, 0.6) is 0 Å². The van der Waals surface area contributed by atoms with Crippen LogP contribution >= 0.6 is 0 Å². The zero-order chi connectivity index (χ0) is 27.4. The second-order valence-electron chi connectivity index (χ2n) is 9.75. The van der Waals surface area contributed by atoms with E-state index in [0.717, 1.165) is 5.56 Å². The van der Waals surface area contributed by atoms with E-state index in [1.807, 2.05) is 31.2 Å². The summed E-state index contributed by atoms with van der Waals surface area (Å²) in [5.41, 5.74) is -2.66. The molecule has 38 heavy (non-hydrogen) atoms. The number of fused-ring (bicyclic) bond motifs is 1. The van der Waals surface area contributed by atoms with Gasteiger partial charge in [-0.3, -0.25) is 0 Å². The highest BCUT2D eigenvalue weighted by Gasteiger charge is 2.67. The predicted molar refractivity (Wildman–Crippen MR) is 133 cm³/mol. The Balaban J connectivity index is 1.86. The van der Waals surface area contributed by atoms with Gasteiger partial charge in [-0.25, -0.2) is 8.42 Å². The zero-order valence-corrected chi connectivity index (χ0v) is 22.0. The number of sulfonamides is 1. The molecular formula is C27H29N5O5S. The van der Waals surface area contributed by atoms with Crippen LogP contribution in [0, 0.1) is 74.9 Å². The smallest absolute Gasteiger partial charge is 0.243 e. The van der Waals surface area contributed by atoms with E-state index < -0.39 is 38.8 Å². The average Bonchev–Trinajstić information content (AvgIpc) is 2.93. The van der Waals surface area contributed by atoms with Gasteiger partial charge in [-0.05, 0) is 37.5 Å². The van der Waals surface area contributed by atoms with Crippen molar-refractivity contribution in [1.29, 1.82) is 21.0 Å². The van der Waals surface area contributed by atoms with Crippen molar-refractivity contribution in [3.05, 3.63) is 41.5 Å². The molecule has 2 aliphatic heterocycles. The first kappa shape index (κ1) is 27.7. The third-order valence-corrected chi connectivity index (χ3v) is 9.56. The zero-order valence-electron chi connectivity index (χ0n) is 21.2. The molecule has 1 aromatic rings. The molecule has 198 valence electrons. The Morgan fingerprint density at radius 1 is 0.868 bits per heavy atom. The summed E-state index contributed by atoms with van der Waals surface area (Å²) in [6.07, 6.45) is 1.82. The quantitative estimate of drug-likeness (QED) is 0.518. The summed E-state index contributed by atoms with van der Waals surface area (Å²) in [7, 11) is -4.04. The molecule has 0 spiro atoms. The highest BCUT2D eigenvalue weighted by atomic mass is 32.2. The van der Waals surface area contributed by atoms with Crippen LogP contribution in [0.25, 0.3) is 0 Å². The second-order valence-corrected chi connectivity index (χ2v) is 11.7. The van der Waals surface area contributed by atoms with Crippen LogP contribution in [0.1, 0.15) is 18.4 Å². The number of hydrogen-bond acceptors (Lipinski definition) is 9. The number of benzene rings is 1. The van der Waals surface area contributed by atoms with E-state index in [4.69, 9.17) is 14.2 Å². The van der Waals surface area contributed by atoms with Gasteiger partial charge >= 0.3 is 0 Å². The predicted octanol–water partition coefficient (Wildman–Crippen LogP) is 2.45. The monoisotopic (exact) mass is 535 g/mol. The summed E-state index contributed by atoms with van der Waals surface area (Å²) in [4.78, 5) is 0.0692. The fourth-order valence-electron chi connectivity index (χ4n) is 5.64. The molecule has 0 aromatic heterocycles. The number of rotatable bonds is 2. The lowest BCUT2D eigenvalue weighted by molar-refractivity contribution is -0.0296. The molecule has 1 aromatic carbocycles. The van der Waals surface area contributed by atoms with Gasteiger partial charge in [-0.1, -0.05) is 23.8 Å². The Morgan fingerprint density at radius 3 is 2.11 bits per heavy atom. The van der Waals surface area contributed by atoms with Gasteiger partial charge in [-0.15, -0.1) is 0 Å². The second kappa shape index (κ2) is 11.2. The number of ether oxygens (including phenoxy) is 3. The van der Waals surface area contributed by atoms with Crippen LogP contribution in [-0.2, 0) is 24.2 Å². The van der Waals surface area contributed by atoms with Crippen molar-refractivity contribution in [1.82, 2.24) is 4.31 Å². The van der Waals surface area contributed by atoms with Gasteiger partial charge < -0.3 is 14.2 Å². The molecule has 0 amide bonds. The molecule has 1 fully saturated rings. The SMILES string of the molecule is Cc1ccc(S(=O)(=O)N2C[C@@H]3C4=C[C@H](CCCOCCOCCO[C@@H]4C2)C(C#N)(C#N)C3(C#N)C#N)cc1. The Morgan fingerprint density at radius 2 is 1.47 bits per heavy atom. The van der Waals surface area contributed by atoms with Gasteiger partial charge in [-0.2, -0.15) is 25.4 Å². The minimum atomic E-state index is -4.04. The van der Waals surface area contributed by atoms with Gasteiger partial charge in [0.15, 0.2) is 10.8 Å². The molecule has 0 saturated carbocycles. The summed E-state index contributed by atoms with van der Waals surface area (Å²) in [6, 6.07) is 14.5. The topological polar surface area (TPSA) is 160 Å². The molecule has 4 rings (SSSR count). The summed E-state index contributed by atoms with van der Waals surface area (Å²) in [6.45, 7) is 3.06. The van der Waals surface area contributed by atoms with Crippen molar-refractivity contribution in [2.75, 3.05) is 46.1 Å². The van der Waals surface area contributed by atoms with Gasteiger partial charge in [0.25, 0.3) is 0 Å². The third-order valence-electron chi connectivity index (χ3n) is 7.71. The van der Waals surface area contributed by atoms with Gasteiger partial charge in [0.2, 0.25) is 10.0 Å². The maximum absolute atomic E-state index is 13.7. The lowest BCUT2D eigenvalue weighted by Gasteiger charge is -2.51. The van der Waals surface area contributed by atoms with Crippen LogP contribution < -0.4 is 0 Å². The summed E-state index contributed by atoms with van der Waals surface area (Å²) >= 11 is 0. The van der Waals surface area contributed by atoms with Crippen molar-refractivity contribution in [3.8, 4) is 24.3 Å². The molecule has 2 bridgehead atoms. The number of allylic oxidation sites excluding steroid dienone is 1. The van der Waals surface area contributed by atoms with E-state index in [9.17, 15) is 29.5 Å². The molecule has 0 unspecified atom stereocenters. The highest BCUT2D eigenvalue weighted by molar-refractivity contribution is 7.89. The maximum Gasteiger partial charge on any atom is 0.243 e. The van der Waals surface area contributed by atoms with E-state index in [-0.39, 0.29) is 31.2 Å². The van der Waals surface area contributed by atoms with Crippen molar-refractivity contribution in [2.24, 2.45) is 22.7 Å². The number of piperidine rings is 1. The number of nitrogens with zero attached hydrogens (tertiary/aromatic N) is 5. The molecule has 3 aliphatic rings. The summed E-state index contributed by atoms with van der Waals surface area (Å²) in [5, 5.41) is 41.6. The Kier molecular flexibility index (Phi) is 8.19. The van der Waals surface area contributed by atoms with Gasteiger partial charge in [0.1, 0.15) is 0 Å². The first-order chi connectivity index (χ1) is 18.3. The van der Waals surface area contributed by atoms with Gasteiger partial charge in [0, 0.05) is 31.5 Å². The molecular weight excluding hydrogens is 506 g/mol. The number of hydrogen-bond donors (Lipinski definition) is 0. The van der Waals surface area contributed by atoms with Crippen LogP contribution in [0.2, 0.25) is 0 Å². The fourth-order valence-corrected chi connectivity index (χ4v) is 7.09. The average molecular weight is 536 g/mol. The normalized spacial score (nSPS) is 27.7. The van der Waals surface area contributed by atoms with Crippen LogP contribution in [-0.4, -0.2) is 65.0 Å². The van der Waals surface area contributed by atoms with E-state index in [2.05, 4.69) is 0 Å². The molecule has 3 atom stereocenters. The molecule has 11 heteroatoms. The van der Waals surface area contributed by atoms with E-state index >= 15 is 0 Å². The number of nitriles is 4. The maximum atomic E-state index is 13.7. The first-order valence-corrected chi connectivity index (χ1v) is 13.9. The molecule has 0 N–H and O–H groups in total. The van der Waals surface area contributed by atoms with E-state index in [1.54, 1.807) is 18.2 Å². The largest absolute Gasteiger partial charge is 0.379 e. The first-order valence-electron chi connectivity index (χ1n) is 12.5. The lowest BCUT2D eigenvalue weighted by Crippen LogP contribution is -2.60. The van der Waals surface area contributed by atoms with Crippen molar-refractivity contribution < 1.29 is 22.6 Å². The Labute approximate surface area is 223 Å². The van der Waals surface area contributed by atoms with Crippen LogP contribution in [0.3, 0.4) is 0 Å². The summed E-state index contributed by atoms with van der Waals surface area (Å²) < 4.78 is 45.9. The van der Waals surface area contributed by atoms with E-state index in [0.29, 0.717) is 38.2 Å². The third kappa shape index (κ3) is 4.58. The van der Waals surface area contributed by atoms with Crippen LogP contribution in [0.4, 0.5) is 0 Å². The Hall–Kier alpha value is -3.29. The fraction of sp³-hybridized carbons (Fsp3) is 0.556. The molecule has 0 radical (unpaired) electrons. The lowest BCUT2D eigenvalue weighted by atomic mass is 9.48. The van der Waals surface area contributed by atoms with Crippen molar-refractivity contribution in [3.63, 3.8) is 0 Å². The molecule has 2 heterocycles. The number of aryl methyl sites for hydroxylation is 1. The minimum absolute atomic E-state index is 0.0343.